The number of halogens is 4. The Labute approximate surface area is 234 Å². The van der Waals surface area contributed by atoms with Crippen LogP contribution in [0.1, 0.15) is 68.1 Å². The Morgan fingerprint density at radius 3 is 2.59 bits per heavy atom. The molecule has 2 fully saturated rings. The second kappa shape index (κ2) is 10.5. The molecule has 3 aromatic rings. The van der Waals surface area contributed by atoms with E-state index in [1.165, 1.54) is 30.0 Å². The maximum atomic E-state index is 14.7. The van der Waals surface area contributed by atoms with Gasteiger partial charge >= 0.3 is 12.3 Å². The molecule has 2 unspecified atom stereocenters. The molecule has 2 amide bonds. The lowest BCUT2D eigenvalue weighted by atomic mass is 9.92. The monoisotopic (exact) mass is 576 g/mol. The van der Waals surface area contributed by atoms with Crippen LogP contribution in [-0.4, -0.2) is 62.8 Å². The van der Waals surface area contributed by atoms with Crippen LogP contribution in [0.4, 0.5) is 28.0 Å². The molecule has 0 spiro atoms. The molecule has 3 atom stereocenters. The molecule has 220 valence electrons. The first-order valence-corrected chi connectivity index (χ1v) is 13.5. The number of anilines is 1. The summed E-state index contributed by atoms with van der Waals surface area (Å²) in [7, 11) is 0. The molecule has 0 aliphatic carbocycles. The Morgan fingerprint density at radius 2 is 1.88 bits per heavy atom. The van der Waals surface area contributed by atoms with Crippen molar-refractivity contribution in [2.45, 2.75) is 64.4 Å². The number of nitrogens with one attached hydrogen (secondary N) is 1. The quantitative estimate of drug-likeness (QED) is 0.429. The summed E-state index contributed by atoms with van der Waals surface area (Å²) in [5, 5.41) is 6.79. The summed E-state index contributed by atoms with van der Waals surface area (Å²) in [5.41, 5.74) is -0.970. The number of piperidine rings is 1. The van der Waals surface area contributed by atoms with E-state index in [4.69, 9.17) is 4.74 Å². The van der Waals surface area contributed by atoms with Gasteiger partial charge in [-0.05, 0) is 58.6 Å². The number of ether oxygens (including phenoxy) is 1. The van der Waals surface area contributed by atoms with Crippen LogP contribution < -0.4 is 10.2 Å². The van der Waals surface area contributed by atoms with Gasteiger partial charge < -0.3 is 19.9 Å². The van der Waals surface area contributed by atoms with Crippen molar-refractivity contribution in [3.05, 3.63) is 59.3 Å². The first-order chi connectivity index (χ1) is 19.2. The summed E-state index contributed by atoms with van der Waals surface area (Å²) >= 11 is 0. The van der Waals surface area contributed by atoms with Crippen molar-refractivity contribution in [2.75, 3.05) is 24.5 Å². The third-order valence-corrected chi connectivity index (χ3v) is 7.60. The topological polar surface area (TPSA) is 92.1 Å². The van der Waals surface area contributed by atoms with Gasteiger partial charge in [-0.2, -0.15) is 18.3 Å². The zero-order valence-corrected chi connectivity index (χ0v) is 23.2. The highest BCUT2D eigenvalue weighted by molar-refractivity contribution is 5.96. The SMILES string of the molecule is C[C@@H](NC(=O)c1cc(N2CCC3CCN(C(=O)OC(C)(C)C)C3C2)c2ncnn2c1)c1cccc(C(F)(F)F)c1F. The fourth-order valence-corrected chi connectivity index (χ4v) is 5.63. The van der Waals surface area contributed by atoms with Crippen LogP contribution in [0.25, 0.3) is 5.65 Å². The van der Waals surface area contributed by atoms with Crippen LogP contribution >= 0.6 is 0 Å². The second-order valence-corrected chi connectivity index (χ2v) is 11.6. The van der Waals surface area contributed by atoms with Crippen LogP contribution in [0.5, 0.6) is 0 Å². The smallest absolute Gasteiger partial charge is 0.419 e. The number of pyridine rings is 1. The van der Waals surface area contributed by atoms with Crippen LogP contribution in [0.2, 0.25) is 0 Å². The molecule has 2 aromatic heterocycles. The molecule has 0 bridgehead atoms. The Hall–Kier alpha value is -3.90. The highest BCUT2D eigenvalue weighted by Crippen LogP contribution is 2.36. The average molecular weight is 577 g/mol. The van der Waals surface area contributed by atoms with Gasteiger partial charge in [-0.1, -0.05) is 12.1 Å². The lowest BCUT2D eigenvalue weighted by Crippen LogP contribution is -2.51. The van der Waals surface area contributed by atoms with Gasteiger partial charge in [0.15, 0.2) is 5.65 Å². The fraction of sp³-hybridized carbons (Fsp3) is 0.500. The number of hydrogen-bond donors (Lipinski definition) is 1. The van der Waals surface area contributed by atoms with Gasteiger partial charge in [0.2, 0.25) is 0 Å². The van der Waals surface area contributed by atoms with Gasteiger partial charge in [0.1, 0.15) is 17.7 Å². The average Bonchev–Trinajstić information content (AvgIpc) is 3.53. The van der Waals surface area contributed by atoms with Crippen LogP contribution in [0.15, 0.2) is 36.8 Å². The molecule has 41 heavy (non-hydrogen) atoms. The molecule has 4 heterocycles. The van der Waals surface area contributed by atoms with E-state index in [2.05, 4.69) is 20.3 Å². The molecule has 2 aliphatic heterocycles. The fourth-order valence-electron chi connectivity index (χ4n) is 5.63. The summed E-state index contributed by atoms with van der Waals surface area (Å²) in [6.07, 6.45) is -0.689. The second-order valence-electron chi connectivity index (χ2n) is 11.6. The van der Waals surface area contributed by atoms with Gasteiger partial charge in [0.25, 0.3) is 5.91 Å². The van der Waals surface area contributed by atoms with Crippen molar-refractivity contribution in [1.29, 1.82) is 0 Å². The van der Waals surface area contributed by atoms with Gasteiger partial charge in [0, 0.05) is 31.4 Å². The Balaban J connectivity index is 1.39. The minimum Gasteiger partial charge on any atom is -0.444 e. The number of amides is 2. The lowest BCUT2D eigenvalue weighted by molar-refractivity contribution is -0.140. The van der Waals surface area contributed by atoms with Gasteiger partial charge in [0.05, 0.1) is 28.9 Å². The number of aromatic nitrogens is 3. The van der Waals surface area contributed by atoms with Crippen molar-refractivity contribution in [3.8, 4) is 0 Å². The van der Waals surface area contributed by atoms with E-state index in [1.54, 1.807) is 11.0 Å². The first-order valence-electron chi connectivity index (χ1n) is 13.5. The summed E-state index contributed by atoms with van der Waals surface area (Å²) in [4.78, 5) is 34.4. The number of rotatable bonds is 4. The zero-order chi connectivity index (χ0) is 29.7. The molecule has 9 nitrogen and oxygen atoms in total. The summed E-state index contributed by atoms with van der Waals surface area (Å²) in [6, 6.07) is 3.50. The number of nitrogens with zero attached hydrogens (tertiary/aromatic N) is 5. The van der Waals surface area contributed by atoms with E-state index in [-0.39, 0.29) is 23.3 Å². The Bertz CT molecular complexity index is 1470. The number of fused-ring (bicyclic) bond motifs is 2. The van der Waals surface area contributed by atoms with Crippen molar-refractivity contribution in [2.24, 2.45) is 5.92 Å². The van der Waals surface area contributed by atoms with E-state index in [9.17, 15) is 27.2 Å². The van der Waals surface area contributed by atoms with E-state index in [1.807, 2.05) is 20.8 Å². The van der Waals surface area contributed by atoms with E-state index in [0.29, 0.717) is 43.0 Å². The minimum absolute atomic E-state index is 0.0806. The molecule has 0 saturated carbocycles. The van der Waals surface area contributed by atoms with Gasteiger partial charge in [-0.15, -0.1) is 0 Å². The number of hydrogen-bond acceptors (Lipinski definition) is 6. The highest BCUT2D eigenvalue weighted by atomic mass is 19.4. The molecular formula is C28H32F4N6O3. The molecule has 2 aliphatic rings. The number of alkyl halides is 3. The largest absolute Gasteiger partial charge is 0.444 e. The predicted molar refractivity (Wildman–Crippen MR) is 142 cm³/mol. The zero-order valence-electron chi connectivity index (χ0n) is 23.2. The molecular weight excluding hydrogens is 544 g/mol. The predicted octanol–water partition coefficient (Wildman–Crippen LogP) is 5.21. The maximum Gasteiger partial charge on any atom is 0.419 e. The molecule has 1 aromatic carbocycles. The summed E-state index contributed by atoms with van der Waals surface area (Å²) < 4.78 is 61.4. The molecule has 1 N–H and O–H groups in total. The third kappa shape index (κ3) is 5.80. The van der Waals surface area contributed by atoms with Crippen LogP contribution in [-0.2, 0) is 10.9 Å². The van der Waals surface area contributed by atoms with Crippen molar-refractivity contribution in [1.82, 2.24) is 24.8 Å². The molecule has 13 heteroatoms. The Kier molecular flexibility index (Phi) is 7.33. The van der Waals surface area contributed by atoms with Crippen molar-refractivity contribution < 1.29 is 31.9 Å². The summed E-state index contributed by atoms with van der Waals surface area (Å²) in [6.45, 7) is 8.67. The molecule has 2 saturated heterocycles. The standard InChI is InChI=1S/C28H32F4N6O3/c1-16(19-6-5-7-20(23(19)29)28(30,31)32)35-25(39)18-12-21(24-33-15-34-38(24)13-18)36-10-8-17-9-11-37(22(17)14-36)26(40)41-27(2,3)4/h5-7,12-13,15-17,22H,8-11,14H2,1-4H3,(H,35,39)/t16-,17?,22?/m1/s1. The molecule has 0 radical (unpaired) electrons. The van der Waals surface area contributed by atoms with E-state index >= 15 is 0 Å². The Morgan fingerprint density at radius 1 is 1.15 bits per heavy atom. The third-order valence-electron chi connectivity index (χ3n) is 7.60. The van der Waals surface area contributed by atoms with Crippen LogP contribution in [0.3, 0.4) is 0 Å². The van der Waals surface area contributed by atoms with Gasteiger partial charge in [-0.25, -0.2) is 18.7 Å². The van der Waals surface area contributed by atoms with E-state index < -0.39 is 35.1 Å². The normalized spacial score (nSPS) is 20.2. The maximum absolute atomic E-state index is 14.7. The molecule has 5 rings (SSSR count). The number of carbonyl (C=O) groups is 2. The van der Waals surface area contributed by atoms with E-state index in [0.717, 1.165) is 18.9 Å². The van der Waals surface area contributed by atoms with Gasteiger partial charge in [-0.3, -0.25) is 4.79 Å². The first kappa shape index (κ1) is 28.6. The number of likely N-dealkylation sites (tertiary alicyclic amines) is 1. The lowest BCUT2D eigenvalue weighted by Gasteiger charge is -2.39. The highest BCUT2D eigenvalue weighted by Gasteiger charge is 2.43. The van der Waals surface area contributed by atoms with Crippen LogP contribution in [0, 0.1) is 11.7 Å². The number of benzene rings is 1. The number of carbonyl (C=O) groups excluding carboxylic acids is 2. The minimum atomic E-state index is -4.86. The van der Waals surface area contributed by atoms with Crippen molar-refractivity contribution in [3.63, 3.8) is 0 Å². The van der Waals surface area contributed by atoms with Crippen molar-refractivity contribution >= 4 is 23.3 Å². The summed E-state index contributed by atoms with van der Waals surface area (Å²) in [5.74, 6) is -1.71.